The lowest BCUT2D eigenvalue weighted by molar-refractivity contribution is -0.142. The minimum Gasteiger partial charge on any atom is -0.341 e. The van der Waals surface area contributed by atoms with Gasteiger partial charge in [0.05, 0.1) is 30.6 Å². The maximum absolute atomic E-state index is 12.7. The molecule has 0 radical (unpaired) electrons. The Bertz CT molecular complexity index is 681. The van der Waals surface area contributed by atoms with Gasteiger partial charge in [-0.05, 0) is 19.8 Å². The zero-order chi connectivity index (χ0) is 18.6. The molecule has 1 aromatic heterocycles. The third-order valence-electron chi connectivity index (χ3n) is 4.31. The Hall–Kier alpha value is -2.36. The summed E-state index contributed by atoms with van der Waals surface area (Å²) in [5.74, 6) is 0.376. The highest BCUT2D eigenvalue weighted by molar-refractivity contribution is 5.92. The highest BCUT2D eigenvalue weighted by Crippen LogP contribution is 2.24. The molecule has 0 bridgehead atoms. The molecule has 1 atom stereocenters. The standard InChI is InChI=1S/C18H27N5O2/c1-13-11-15(23(21-13)10-6-8-19)20-16(24)14-7-5-9-22(12-14)17(25)18(2,3)4/h11,14H,5-7,9-10,12H2,1-4H3,(H,20,24)/t14-/m1/s1. The number of amides is 2. The third kappa shape index (κ3) is 4.81. The molecular weight excluding hydrogens is 318 g/mol. The van der Waals surface area contributed by atoms with Crippen LogP contribution in [0.3, 0.4) is 0 Å². The maximum Gasteiger partial charge on any atom is 0.230 e. The Kier molecular flexibility index (Phi) is 5.83. The first-order valence-electron chi connectivity index (χ1n) is 8.74. The van der Waals surface area contributed by atoms with Gasteiger partial charge in [0.15, 0.2) is 0 Å². The molecule has 1 aliphatic heterocycles. The van der Waals surface area contributed by atoms with E-state index in [9.17, 15) is 9.59 Å². The summed E-state index contributed by atoms with van der Waals surface area (Å²) >= 11 is 0. The number of rotatable bonds is 4. The molecule has 1 aliphatic rings. The van der Waals surface area contributed by atoms with Crippen LogP contribution in [0.1, 0.15) is 45.7 Å². The lowest BCUT2D eigenvalue weighted by Gasteiger charge is -2.35. The van der Waals surface area contributed by atoms with E-state index < -0.39 is 5.41 Å². The smallest absolute Gasteiger partial charge is 0.230 e. The molecule has 0 saturated carbocycles. The lowest BCUT2D eigenvalue weighted by atomic mass is 9.91. The van der Waals surface area contributed by atoms with Crippen molar-refractivity contribution in [1.29, 1.82) is 5.26 Å². The van der Waals surface area contributed by atoms with E-state index in [1.807, 2.05) is 27.7 Å². The summed E-state index contributed by atoms with van der Waals surface area (Å²) in [5.41, 5.74) is 0.354. The number of nitriles is 1. The zero-order valence-electron chi connectivity index (χ0n) is 15.5. The van der Waals surface area contributed by atoms with Crippen molar-refractivity contribution in [1.82, 2.24) is 14.7 Å². The van der Waals surface area contributed by atoms with Crippen LogP contribution < -0.4 is 5.32 Å². The molecule has 0 spiro atoms. The van der Waals surface area contributed by atoms with Crippen LogP contribution in [-0.4, -0.2) is 39.6 Å². The van der Waals surface area contributed by atoms with Crippen LogP contribution in [0.25, 0.3) is 0 Å². The zero-order valence-corrected chi connectivity index (χ0v) is 15.5. The number of nitrogens with zero attached hydrogens (tertiary/aromatic N) is 4. The van der Waals surface area contributed by atoms with E-state index in [0.29, 0.717) is 31.9 Å². The van der Waals surface area contributed by atoms with Gasteiger partial charge in [0, 0.05) is 24.6 Å². The second-order valence-corrected chi connectivity index (χ2v) is 7.63. The Balaban J connectivity index is 2.04. The number of carbonyl (C=O) groups excluding carboxylic acids is 2. The summed E-state index contributed by atoms with van der Waals surface area (Å²) in [5, 5.41) is 16.0. The van der Waals surface area contributed by atoms with Gasteiger partial charge >= 0.3 is 0 Å². The van der Waals surface area contributed by atoms with Crippen LogP contribution in [0.5, 0.6) is 0 Å². The number of piperidine rings is 1. The molecule has 1 N–H and O–H groups in total. The van der Waals surface area contributed by atoms with Gasteiger partial charge in [-0.15, -0.1) is 0 Å². The number of carbonyl (C=O) groups is 2. The monoisotopic (exact) mass is 345 g/mol. The first-order chi connectivity index (χ1) is 11.7. The largest absolute Gasteiger partial charge is 0.341 e. The van der Waals surface area contributed by atoms with E-state index in [1.54, 1.807) is 15.6 Å². The summed E-state index contributed by atoms with van der Waals surface area (Å²) in [6.07, 6.45) is 1.93. The topological polar surface area (TPSA) is 91.0 Å². The Morgan fingerprint density at radius 2 is 2.16 bits per heavy atom. The molecule has 7 heteroatoms. The van der Waals surface area contributed by atoms with Crippen LogP contribution in [0.2, 0.25) is 0 Å². The normalized spacial score (nSPS) is 17.9. The predicted octanol–water partition coefficient (Wildman–Crippen LogP) is 2.33. The molecule has 25 heavy (non-hydrogen) atoms. The number of hydrogen-bond acceptors (Lipinski definition) is 4. The Morgan fingerprint density at radius 1 is 1.44 bits per heavy atom. The van der Waals surface area contributed by atoms with Gasteiger partial charge in [-0.1, -0.05) is 20.8 Å². The number of nitrogens with one attached hydrogen (secondary N) is 1. The molecule has 1 aromatic rings. The number of hydrogen-bond donors (Lipinski definition) is 1. The van der Waals surface area contributed by atoms with Crippen LogP contribution in [0, 0.1) is 29.6 Å². The van der Waals surface area contributed by atoms with Crippen molar-refractivity contribution in [3.8, 4) is 6.07 Å². The molecule has 2 rings (SSSR count). The molecule has 7 nitrogen and oxygen atoms in total. The van der Waals surface area contributed by atoms with Gasteiger partial charge < -0.3 is 10.2 Å². The van der Waals surface area contributed by atoms with E-state index in [0.717, 1.165) is 18.5 Å². The van der Waals surface area contributed by atoms with Crippen molar-refractivity contribution >= 4 is 17.6 Å². The quantitative estimate of drug-likeness (QED) is 0.906. The fourth-order valence-corrected chi connectivity index (χ4v) is 3.05. The van der Waals surface area contributed by atoms with Gasteiger partial charge in [-0.25, -0.2) is 4.68 Å². The minimum atomic E-state index is -0.439. The number of aryl methyl sites for hydroxylation is 2. The Labute approximate surface area is 149 Å². The van der Waals surface area contributed by atoms with E-state index in [4.69, 9.17) is 5.26 Å². The second kappa shape index (κ2) is 7.68. The molecular formula is C18H27N5O2. The van der Waals surface area contributed by atoms with E-state index in [2.05, 4.69) is 16.5 Å². The highest BCUT2D eigenvalue weighted by Gasteiger charge is 2.33. The fourth-order valence-electron chi connectivity index (χ4n) is 3.05. The van der Waals surface area contributed by atoms with Crippen LogP contribution in [-0.2, 0) is 16.1 Å². The van der Waals surface area contributed by atoms with Gasteiger partial charge in [-0.3, -0.25) is 9.59 Å². The predicted molar refractivity (Wildman–Crippen MR) is 94.6 cm³/mol. The van der Waals surface area contributed by atoms with Gasteiger partial charge in [0.2, 0.25) is 11.8 Å². The highest BCUT2D eigenvalue weighted by atomic mass is 16.2. The number of anilines is 1. The number of likely N-dealkylation sites (tertiary alicyclic amines) is 1. The SMILES string of the molecule is Cc1cc(NC(=O)[C@@H]2CCCN(C(=O)C(C)(C)C)C2)n(CCC#N)n1. The van der Waals surface area contributed by atoms with E-state index >= 15 is 0 Å². The van der Waals surface area contributed by atoms with E-state index in [-0.39, 0.29) is 17.7 Å². The van der Waals surface area contributed by atoms with Crippen LogP contribution in [0.4, 0.5) is 5.82 Å². The van der Waals surface area contributed by atoms with Crippen molar-refractivity contribution in [2.24, 2.45) is 11.3 Å². The van der Waals surface area contributed by atoms with Crippen molar-refractivity contribution in [2.75, 3.05) is 18.4 Å². The summed E-state index contributed by atoms with van der Waals surface area (Å²) < 4.78 is 1.65. The average molecular weight is 345 g/mol. The fraction of sp³-hybridized carbons (Fsp3) is 0.667. The van der Waals surface area contributed by atoms with Gasteiger partial charge in [-0.2, -0.15) is 10.4 Å². The molecule has 1 fully saturated rings. The molecule has 1 saturated heterocycles. The van der Waals surface area contributed by atoms with Gasteiger partial charge in [0.25, 0.3) is 0 Å². The first-order valence-corrected chi connectivity index (χ1v) is 8.74. The summed E-state index contributed by atoms with van der Waals surface area (Å²) in [4.78, 5) is 26.9. The maximum atomic E-state index is 12.7. The summed E-state index contributed by atoms with van der Waals surface area (Å²) in [6.45, 7) is 9.15. The first kappa shape index (κ1) is 19.0. The van der Waals surface area contributed by atoms with Crippen molar-refractivity contribution < 1.29 is 9.59 Å². The molecule has 2 amide bonds. The van der Waals surface area contributed by atoms with Crippen molar-refractivity contribution in [3.05, 3.63) is 11.8 Å². The molecule has 136 valence electrons. The lowest BCUT2D eigenvalue weighted by Crippen LogP contribution is -2.47. The molecule has 2 heterocycles. The van der Waals surface area contributed by atoms with Crippen LogP contribution in [0.15, 0.2) is 6.07 Å². The minimum absolute atomic E-state index is 0.0832. The number of aromatic nitrogens is 2. The average Bonchev–Trinajstić information content (AvgIpc) is 2.90. The van der Waals surface area contributed by atoms with Crippen molar-refractivity contribution in [2.45, 2.75) is 53.5 Å². The third-order valence-corrected chi connectivity index (χ3v) is 4.31. The van der Waals surface area contributed by atoms with Crippen molar-refractivity contribution in [3.63, 3.8) is 0 Å². The molecule has 0 aromatic carbocycles. The molecule has 0 aliphatic carbocycles. The molecule has 0 unspecified atom stereocenters. The van der Waals surface area contributed by atoms with Gasteiger partial charge in [0.1, 0.15) is 5.82 Å². The summed E-state index contributed by atoms with van der Waals surface area (Å²) in [7, 11) is 0. The second-order valence-electron chi connectivity index (χ2n) is 7.63. The Morgan fingerprint density at radius 3 is 2.80 bits per heavy atom. The summed E-state index contributed by atoms with van der Waals surface area (Å²) in [6, 6.07) is 3.89. The van der Waals surface area contributed by atoms with E-state index in [1.165, 1.54) is 0 Å². The van der Waals surface area contributed by atoms with Crippen LogP contribution >= 0.6 is 0 Å².